The van der Waals surface area contributed by atoms with E-state index in [1.54, 1.807) is 13.1 Å². The minimum absolute atomic E-state index is 0.0582. The van der Waals surface area contributed by atoms with Crippen LogP contribution in [0.4, 0.5) is 5.82 Å². The molecule has 2 heterocycles. The Morgan fingerprint density at radius 3 is 3.19 bits per heavy atom. The SMILES string of the molecule is Cc1cn([C@@H]2CS[C@@H](CO)O2)c(=O)nc1N. The Bertz CT molecular complexity index is 448. The van der Waals surface area contributed by atoms with Crippen molar-refractivity contribution in [2.75, 3.05) is 18.1 Å². The molecule has 0 aromatic carbocycles. The number of hydrogen-bond donors (Lipinski definition) is 2. The van der Waals surface area contributed by atoms with E-state index in [1.165, 1.54) is 16.3 Å². The van der Waals surface area contributed by atoms with Crippen LogP contribution in [0.1, 0.15) is 11.8 Å². The quantitative estimate of drug-likeness (QED) is 0.742. The zero-order chi connectivity index (χ0) is 11.7. The number of hydrogen-bond acceptors (Lipinski definition) is 6. The van der Waals surface area contributed by atoms with Crippen molar-refractivity contribution in [2.24, 2.45) is 0 Å². The molecule has 7 heteroatoms. The van der Waals surface area contributed by atoms with Gasteiger partial charge in [-0.3, -0.25) is 4.57 Å². The van der Waals surface area contributed by atoms with Crippen LogP contribution in [0.25, 0.3) is 0 Å². The normalized spacial score (nSPS) is 24.9. The molecule has 1 aromatic rings. The van der Waals surface area contributed by atoms with Gasteiger partial charge in [0.15, 0.2) is 0 Å². The Balaban J connectivity index is 2.28. The zero-order valence-electron chi connectivity index (χ0n) is 8.79. The number of ether oxygens (including phenoxy) is 1. The number of rotatable bonds is 2. The van der Waals surface area contributed by atoms with Gasteiger partial charge in [-0.1, -0.05) is 0 Å². The van der Waals surface area contributed by atoms with E-state index in [1.807, 2.05) is 0 Å². The van der Waals surface area contributed by atoms with Gasteiger partial charge >= 0.3 is 5.69 Å². The Labute approximate surface area is 96.4 Å². The van der Waals surface area contributed by atoms with Crippen molar-refractivity contribution in [3.63, 3.8) is 0 Å². The molecule has 2 atom stereocenters. The maximum atomic E-state index is 11.6. The van der Waals surface area contributed by atoms with Crippen molar-refractivity contribution < 1.29 is 9.84 Å². The van der Waals surface area contributed by atoms with Crippen LogP contribution in [0, 0.1) is 6.92 Å². The van der Waals surface area contributed by atoms with E-state index in [4.69, 9.17) is 15.6 Å². The minimum Gasteiger partial charge on any atom is -0.393 e. The first-order valence-corrected chi connectivity index (χ1v) is 5.90. The van der Waals surface area contributed by atoms with Gasteiger partial charge in [-0.05, 0) is 6.92 Å². The van der Waals surface area contributed by atoms with Crippen LogP contribution in [-0.2, 0) is 4.74 Å². The summed E-state index contributed by atoms with van der Waals surface area (Å²) in [6.45, 7) is 1.72. The first kappa shape index (κ1) is 11.4. The molecule has 16 heavy (non-hydrogen) atoms. The molecule has 0 amide bonds. The molecule has 0 aliphatic carbocycles. The van der Waals surface area contributed by atoms with E-state index in [9.17, 15) is 4.79 Å². The molecule has 3 N–H and O–H groups in total. The fourth-order valence-corrected chi connectivity index (χ4v) is 2.40. The van der Waals surface area contributed by atoms with Crippen LogP contribution in [0.15, 0.2) is 11.0 Å². The summed E-state index contributed by atoms with van der Waals surface area (Å²) < 4.78 is 6.88. The van der Waals surface area contributed by atoms with E-state index in [-0.39, 0.29) is 24.1 Å². The number of nitrogens with zero attached hydrogens (tertiary/aromatic N) is 2. The summed E-state index contributed by atoms with van der Waals surface area (Å²) in [5.74, 6) is 0.863. The summed E-state index contributed by atoms with van der Waals surface area (Å²) in [4.78, 5) is 15.3. The highest BCUT2D eigenvalue weighted by Gasteiger charge is 2.27. The lowest BCUT2D eigenvalue weighted by molar-refractivity contribution is -0.00637. The number of aliphatic hydroxyl groups is 1. The van der Waals surface area contributed by atoms with Gasteiger partial charge in [-0.15, -0.1) is 11.8 Å². The summed E-state index contributed by atoms with van der Waals surface area (Å²) >= 11 is 1.47. The molecule has 88 valence electrons. The molecular weight excluding hydrogens is 230 g/mol. The average molecular weight is 243 g/mol. The first-order valence-electron chi connectivity index (χ1n) is 4.85. The Morgan fingerprint density at radius 2 is 2.56 bits per heavy atom. The molecule has 2 rings (SSSR count). The number of aliphatic hydroxyl groups excluding tert-OH is 1. The van der Waals surface area contributed by atoms with Crippen molar-refractivity contribution in [2.45, 2.75) is 18.6 Å². The van der Waals surface area contributed by atoms with Crippen molar-refractivity contribution >= 4 is 17.6 Å². The van der Waals surface area contributed by atoms with Gasteiger partial charge in [-0.2, -0.15) is 4.98 Å². The fourth-order valence-electron chi connectivity index (χ4n) is 1.47. The van der Waals surface area contributed by atoms with Gasteiger partial charge in [0.1, 0.15) is 17.5 Å². The van der Waals surface area contributed by atoms with Crippen LogP contribution < -0.4 is 11.4 Å². The monoisotopic (exact) mass is 243 g/mol. The van der Waals surface area contributed by atoms with Crippen molar-refractivity contribution in [3.05, 3.63) is 22.2 Å². The van der Waals surface area contributed by atoms with Crippen molar-refractivity contribution in [3.8, 4) is 0 Å². The van der Waals surface area contributed by atoms with Crippen molar-refractivity contribution in [1.82, 2.24) is 9.55 Å². The molecule has 1 aliphatic rings. The zero-order valence-corrected chi connectivity index (χ0v) is 9.61. The van der Waals surface area contributed by atoms with Gasteiger partial charge in [0, 0.05) is 17.5 Å². The predicted molar refractivity (Wildman–Crippen MR) is 61.1 cm³/mol. The third kappa shape index (κ3) is 2.06. The molecule has 6 nitrogen and oxygen atoms in total. The van der Waals surface area contributed by atoms with Gasteiger partial charge in [-0.25, -0.2) is 4.79 Å². The Hall–Kier alpha value is -1.05. The topological polar surface area (TPSA) is 90.4 Å². The second kappa shape index (κ2) is 4.44. The molecule has 0 bridgehead atoms. The van der Waals surface area contributed by atoms with E-state index in [0.29, 0.717) is 5.75 Å². The first-order chi connectivity index (χ1) is 7.61. The molecule has 0 spiro atoms. The van der Waals surface area contributed by atoms with Gasteiger partial charge in [0.05, 0.1) is 6.61 Å². The molecule has 1 saturated heterocycles. The number of anilines is 1. The third-order valence-electron chi connectivity index (χ3n) is 2.37. The standard InChI is InChI=1S/C9H13N3O3S/c1-5-2-12(9(14)11-8(5)10)6-4-16-7(3-13)15-6/h2,6-7,13H,3-4H2,1H3,(H2,10,11,14)/t6-,7-/m0/s1. The lowest BCUT2D eigenvalue weighted by Gasteiger charge is -2.14. The van der Waals surface area contributed by atoms with E-state index in [0.717, 1.165) is 5.56 Å². The minimum atomic E-state index is -0.424. The highest BCUT2D eigenvalue weighted by atomic mass is 32.2. The predicted octanol–water partition coefficient (Wildman–Crippen LogP) is -0.286. The molecule has 1 fully saturated rings. The van der Waals surface area contributed by atoms with E-state index < -0.39 is 5.69 Å². The Morgan fingerprint density at radius 1 is 1.81 bits per heavy atom. The average Bonchev–Trinajstić information content (AvgIpc) is 2.71. The number of nitrogens with two attached hydrogens (primary N) is 1. The summed E-state index contributed by atoms with van der Waals surface area (Å²) in [6, 6.07) is 0. The number of nitrogen functional groups attached to an aromatic ring is 1. The van der Waals surface area contributed by atoms with Crippen LogP contribution in [0.3, 0.4) is 0 Å². The van der Waals surface area contributed by atoms with Crippen LogP contribution in [0.5, 0.6) is 0 Å². The summed E-state index contributed by atoms with van der Waals surface area (Å²) in [7, 11) is 0. The lowest BCUT2D eigenvalue weighted by Crippen LogP contribution is -2.29. The number of aryl methyl sites for hydroxylation is 1. The molecule has 1 aliphatic heterocycles. The second-order valence-corrected chi connectivity index (χ2v) is 4.73. The summed E-state index contributed by atoms with van der Waals surface area (Å²) in [5.41, 5.74) is 5.58. The molecule has 0 saturated carbocycles. The van der Waals surface area contributed by atoms with Gasteiger partial charge in [0.2, 0.25) is 0 Å². The number of thioether (sulfide) groups is 1. The third-order valence-corrected chi connectivity index (χ3v) is 3.48. The smallest absolute Gasteiger partial charge is 0.351 e. The summed E-state index contributed by atoms with van der Waals surface area (Å²) in [6.07, 6.45) is 1.26. The largest absolute Gasteiger partial charge is 0.393 e. The Kier molecular flexibility index (Phi) is 3.17. The van der Waals surface area contributed by atoms with E-state index in [2.05, 4.69) is 4.98 Å². The molecular formula is C9H13N3O3S. The van der Waals surface area contributed by atoms with E-state index >= 15 is 0 Å². The fraction of sp³-hybridized carbons (Fsp3) is 0.556. The summed E-state index contributed by atoms with van der Waals surface area (Å²) in [5, 5.41) is 8.93. The van der Waals surface area contributed by atoms with Crippen LogP contribution >= 0.6 is 11.8 Å². The maximum absolute atomic E-state index is 11.6. The highest BCUT2D eigenvalue weighted by Crippen LogP contribution is 2.30. The van der Waals surface area contributed by atoms with Crippen LogP contribution in [-0.4, -0.2) is 32.5 Å². The van der Waals surface area contributed by atoms with Gasteiger partial charge in [0.25, 0.3) is 0 Å². The van der Waals surface area contributed by atoms with Crippen LogP contribution in [0.2, 0.25) is 0 Å². The second-order valence-electron chi connectivity index (χ2n) is 3.54. The number of aromatic nitrogens is 2. The maximum Gasteiger partial charge on any atom is 0.351 e. The lowest BCUT2D eigenvalue weighted by atomic mass is 10.3. The highest BCUT2D eigenvalue weighted by molar-refractivity contribution is 8.00. The molecule has 0 unspecified atom stereocenters. The van der Waals surface area contributed by atoms with Crippen molar-refractivity contribution in [1.29, 1.82) is 0 Å². The molecule has 1 aromatic heterocycles. The van der Waals surface area contributed by atoms with Gasteiger partial charge < -0.3 is 15.6 Å². The molecule has 0 radical (unpaired) electrons.